The molecule has 11 aromatic rings. The molecular weight excluding hydrogens is 807 g/mol. The van der Waals surface area contributed by atoms with Gasteiger partial charge >= 0.3 is 0 Å². The van der Waals surface area contributed by atoms with Gasteiger partial charge in [-0.2, -0.15) is 0 Å². The van der Waals surface area contributed by atoms with Gasteiger partial charge in [0, 0.05) is 51.3 Å². The molecule has 0 bridgehead atoms. The van der Waals surface area contributed by atoms with Crippen molar-refractivity contribution in [2.45, 2.75) is 0 Å². The Balaban J connectivity index is 1.05. The second-order valence-corrected chi connectivity index (χ2v) is 15.8. The molecule has 7 heteroatoms. The van der Waals surface area contributed by atoms with Crippen LogP contribution in [0, 0.1) is 0 Å². The summed E-state index contributed by atoms with van der Waals surface area (Å²) >= 11 is 0. The lowest BCUT2D eigenvalue weighted by molar-refractivity contribution is 1.07. The van der Waals surface area contributed by atoms with E-state index in [1.54, 1.807) is 6.20 Å². The number of hydrogen-bond donors (Lipinski definition) is 0. The van der Waals surface area contributed by atoms with Crippen LogP contribution in [0.1, 0.15) is 0 Å². The van der Waals surface area contributed by atoms with Gasteiger partial charge in [0.2, 0.25) is 0 Å². The van der Waals surface area contributed by atoms with Crippen LogP contribution in [-0.2, 0) is 0 Å². The Hall–Kier alpha value is -9.07. The Morgan fingerprint density at radius 1 is 0.212 bits per heavy atom. The number of aromatic nitrogens is 7. The van der Waals surface area contributed by atoms with Crippen molar-refractivity contribution >= 4 is 0 Å². The SMILES string of the molecule is c1ccc(-c2ccc(-c3nc(-c4ccccc4)nc(-c4cccc(-c5cccc(-c6ccccc6-c6nc(-c7ccccc7)nc(-c7ccccc7)n6)c5-c5cccnc5)c4)n3)cc2)cc1. The standard InChI is InChI=1S/C59H39N7/c1-5-18-40(19-6-1)41-33-35-45(36-34-41)57-61-54(42-20-7-2-8-21-42)63-58(64-57)47-27-15-26-46(38-47)49-31-16-32-51(53(49)48-28-17-37-60-39-48)50-29-13-14-30-52(50)59-65-55(43-22-9-3-10-23-43)62-56(66-59)44-24-11-4-12-25-44/h1-39H. The van der Waals surface area contributed by atoms with Crippen molar-refractivity contribution in [3.63, 3.8) is 0 Å². The molecule has 11 rings (SSSR count). The van der Waals surface area contributed by atoms with E-state index in [0.717, 1.165) is 77.9 Å². The molecule has 0 radical (unpaired) electrons. The predicted molar refractivity (Wildman–Crippen MR) is 265 cm³/mol. The van der Waals surface area contributed by atoms with E-state index in [4.69, 9.17) is 29.9 Å². The Morgan fingerprint density at radius 2 is 0.576 bits per heavy atom. The van der Waals surface area contributed by atoms with Crippen LogP contribution in [0.2, 0.25) is 0 Å². The molecule has 0 spiro atoms. The van der Waals surface area contributed by atoms with Crippen LogP contribution >= 0.6 is 0 Å². The summed E-state index contributed by atoms with van der Waals surface area (Å²) in [5, 5.41) is 0. The average Bonchev–Trinajstić information content (AvgIpc) is 3.41. The zero-order valence-electron chi connectivity index (χ0n) is 35.6. The maximum absolute atomic E-state index is 5.14. The third-order valence-corrected chi connectivity index (χ3v) is 11.5. The summed E-state index contributed by atoms with van der Waals surface area (Å²) in [6.45, 7) is 0. The van der Waals surface area contributed by atoms with Crippen molar-refractivity contribution in [3.05, 3.63) is 237 Å². The normalized spacial score (nSPS) is 11.0. The van der Waals surface area contributed by atoms with Gasteiger partial charge in [0.15, 0.2) is 34.9 Å². The molecule has 7 nitrogen and oxygen atoms in total. The van der Waals surface area contributed by atoms with Gasteiger partial charge in [0.25, 0.3) is 0 Å². The smallest absolute Gasteiger partial charge is 0.164 e. The second-order valence-electron chi connectivity index (χ2n) is 15.8. The molecule has 0 amide bonds. The van der Waals surface area contributed by atoms with Crippen LogP contribution in [0.3, 0.4) is 0 Å². The predicted octanol–water partition coefficient (Wildman–Crippen LogP) is 14.1. The van der Waals surface area contributed by atoms with Crippen molar-refractivity contribution in [1.29, 1.82) is 0 Å². The van der Waals surface area contributed by atoms with Gasteiger partial charge in [-0.3, -0.25) is 4.98 Å². The van der Waals surface area contributed by atoms with E-state index in [1.807, 2.05) is 115 Å². The zero-order valence-corrected chi connectivity index (χ0v) is 35.6. The average molecular weight is 846 g/mol. The van der Waals surface area contributed by atoms with Crippen molar-refractivity contribution in [1.82, 2.24) is 34.9 Å². The number of rotatable bonds is 10. The Bertz CT molecular complexity index is 3380. The molecule has 8 aromatic carbocycles. The maximum atomic E-state index is 5.14. The minimum Gasteiger partial charge on any atom is -0.264 e. The summed E-state index contributed by atoms with van der Waals surface area (Å²) in [4.78, 5) is 35.1. The summed E-state index contributed by atoms with van der Waals surface area (Å²) < 4.78 is 0. The maximum Gasteiger partial charge on any atom is 0.164 e. The minimum absolute atomic E-state index is 0.579. The van der Waals surface area contributed by atoms with Crippen molar-refractivity contribution in [2.24, 2.45) is 0 Å². The first-order valence-electron chi connectivity index (χ1n) is 21.8. The number of hydrogen-bond acceptors (Lipinski definition) is 7. The fraction of sp³-hybridized carbons (Fsp3) is 0. The topological polar surface area (TPSA) is 90.2 Å². The summed E-state index contributed by atoms with van der Waals surface area (Å²) in [6.07, 6.45) is 3.73. The first-order chi connectivity index (χ1) is 32.7. The second kappa shape index (κ2) is 18.0. The molecule has 3 heterocycles. The molecule has 0 atom stereocenters. The van der Waals surface area contributed by atoms with E-state index in [1.165, 1.54) is 0 Å². The highest BCUT2D eigenvalue weighted by molar-refractivity contribution is 5.98. The molecule has 310 valence electrons. The molecule has 0 saturated heterocycles. The largest absolute Gasteiger partial charge is 0.264 e. The molecular formula is C59H39N7. The first kappa shape index (κ1) is 39.8. The van der Waals surface area contributed by atoms with Gasteiger partial charge in [0.1, 0.15) is 0 Å². The summed E-state index contributed by atoms with van der Waals surface area (Å²) in [5.74, 6) is 3.57. The van der Waals surface area contributed by atoms with E-state index in [-0.39, 0.29) is 0 Å². The lowest BCUT2D eigenvalue weighted by atomic mass is 9.86. The molecule has 66 heavy (non-hydrogen) atoms. The van der Waals surface area contributed by atoms with E-state index in [0.29, 0.717) is 34.9 Å². The van der Waals surface area contributed by atoms with E-state index < -0.39 is 0 Å². The first-order valence-corrected chi connectivity index (χ1v) is 21.8. The van der Waals surface area contributed by atoms with Crippen LogP contribution in [0.25, 0.3) is 113 Å². The van der Waals surface area contributed by atoms with E-state index in [2.05, 4.69) is 120 Å². The van der Waals surface area contributed by atoms with Gasteiger partial charge in [-0.05, 0) is 51.1 Å². The lowest BCUT2D eigenvalue weighted by Crippen LogP contribution is -2.01. The lowest BCUT2D eigenvalue weighted by Gasteiger charge is -2.19. The minimum atomic E-state index is 0.579. The molecule has 0 fully saturated rings. The van der Waals surface area contributed by atoms with Crippen molar-refractivity contribution < 1.29 is 0 Å². The molecule has 0 N–H and O–H groups in total. The van der Waals surface area contributed by atoms with Crippen molar-refractivity contribution in [3.8, 4) is 113 Å². The fourth-order valence-corrected chi connectivity index (χ4v) is 8.30. The molecule has 0 unspecified atom stereocenters. The highest BCUT2D eigenvalue weighted by atomic mass is 15.0. The summed E-state index contributed by atoms with van der Waals surface area (Å²) in [5.41, 5.74) is 13.7. The third-order valence-electron chi connectivity index (χ3n) is 11.5. The summed E-state index contributed by atoms with van der Waals surface area (Å²) in [7, 11) is 0. The number of nitrogens with zero attached hydrogens (tertiary/aromatic N) is 7. The van der Waals surface area contributed by atoms with Crippen LogP contribution in [-0.4, -0.2) is 34.9 Å². The van der Waals surface area contributed by atoms with Gasteiger partial charge in [-0.1, -0.05) is 212 Å². The quantitative estimate of drug-likeness (QED) is 0.135. The van der Waals surface area contributed by atoms with E-state index >= 15 is 0 Å². The molecule has 0 aliphatic carbocycles. The molecule has 3 aromatic heterocycles. The zero-order chi connectivity index (χ0) is 44.1. The van der Waals surface area contributed by atoms with E-state index in [9.17, 15) is 0 Å². The Kier molecular flexibility index (Phi) is 10.8. The molecule has 0 aliphatic rings. The molecule has 0 aliphatic heterocycles. The molecule has 0 saturated carbocycles. The van der Waals surface area contributed by atoms with Gasteiger partial charge < -0.3 is 0 Å². The van der Waals surface area contributed by atoms with Crippen LogP contribution in [0.4, 0.5) is 0 Å². The summed E-state index contributed by atoms with van der Waals surface area (Å²) in [6, 6.07) is 76.3. The third kappa shape index (κ3) is 8.16. The van der Waals surface area contributed by atoms with Crippen molar-refractivity contribution in [2.75, 3.05) is 0 Å². The number of benzene rings is 8. The van der Waals surface area contributed by atoms with Crippen LogP contribution in [0.15, 0.2) is 237 Å². The highest BCUT2D eigenvalue weighted by Gasteiger charge is 2.21. The monoisotopic (exact) mass is 845 g/mol. The Morgan fingerprint density at radius 3 is 1.12 bits per heavy atom. The fourth-order valence-electron chi connectivity index (χ4n) is 8.30. The van der Waals surface area contributed by atoms with Gasteiger partial charge in [0.05, 0.1) is 0 Å². The van der Waals surface area contributed by atoms with Gasteiger partial charge in [-0.25, -0.2) is 29.9 Å². The van der Waals surface area contributed by atoms with Crippen LogP contribution in [0.5, 0.6) is 0 Å². The number of pyridine rings is 1. The Labute approximate surface area is 383 Å². The highest BCUT2D eigenvalue weighted by Crippen LogP contribution is 2.43. The van der Waals surface area contributed by atoms with Gasteiger partial charge in [-0.15, -0.1) is 0 Å². The van der Waals surface area contributed by atoms with Crippen LogP contribution < -0.4 is 0 Å².